The predicted molar refractivity (Wildman–Crippen MR) is 228 cm³/mol. The van der Waals surface area contributed by atoms with Gasteiger partial charge in [-0.25, -0.2) is 9.59 Å². The number of aryl methyl sites for hydroxylation is 2. The average molecular weight is 806 g/mol. The molecule has 0 fully saturated rings. The van der Waals surface area contributed by atoms with Crippen molar-refractivity contribution in [2.75, 3.05) is 25.5 Å². The lowest BCUT2D eigenvalue weighted by Gasteiger charge is -2.23. The van der Waals surface area contributed by atoms with Crippen molar-refractivity contribution in [3.05, 3.63) is 148 Å². The topological polar surface area (TPSA) is 176 Å². The van der Waals surface area contributed by atoms with Crippen LogP contribution in [-0.4, -0.2) is 65.4 Å². The van der Waals surface area contributed by atoms with Gasteiger partial charge in [0.1, 0.15) is 11.5 Å². The summed E-state index contributed by atoms with van der Waals surface area (Å²) in [5, 5.41) is 39.5. The third-order valence-corrected chi connectivity index (χ3v) is 9.14. The first-order chi connectivity index (χ1) is 28.0. The van der Waals surface area contributed by atoms with E-state index in [0.29, 0.717) is 41.8 Å². The highest BCUT2D eigenvalue weighted by Gasteiger charge is 2.21. The van der Waals surface area contributed by atoms with Crippen LogP contribution in [0.4, 0.5) is 5.69 Å². The number of phenolic OH excluding ortho intramolecular Hbond substituents is 1. The van der Waals surface area contributed by atoms with E-state index in [1.54, 1.807) is 49.6 Å². The third kappa shape index (κ3) is 14.7. The van der Waals surface area contributed by atoms with E-state index in [1.807, 2.05) is 90.1 Å². The number of anilines is 1. The largest absolute Gasteiger partial charge is 0.506 e. The van der Waals surface area contributed by atoms with Gasteiger partial charge in [-0.15, -0.1) is 0 Å². The maximum atomic E-state index is 12.8. The lowest BCUT2D eigenvalue weighted by Crippen LogP contribution is -2.38. The molecule has 0 radical (unpaired) electrons. The van der Waals surface area contributed by atoms with E-state index < -0.39 is 24.1 Å². The molecule has 0 spiro atoms. The summed E-state index contributed by atoms with van der Waals surface area (Å²) >= 11 is 0. The van der Waals surface area contributed by atoms with Crippen LogP contribution in [0.1, 0.15) is 88.4 Å². The van der Waals surface area contributed by atoms with Gasteiger partial charge in [0.2, 0.25) is 6.41 Å². The number of ether oxygens (including phenoxy) is 3. The first kappa shape index (κ1) is 45.6. The number of hydrogen-bond donors (Lipinski definition) is 6. The molecule has 0 aliphatic carbocycles. The molecular weight excluding hydrogens is 751 g/mol. The second-order valence-electron chi connectivity index (χ2n) is 15.3. The number of nitrogens with one attached hydrogen (secondary N) is 3. The smallest absolute Gasteiger partial charge is 0.343 e. The van der Waals surface area contributed by atoms with Crippen LogP contribution in [0.3, 0.4) is 0 Å². The molecule has 0 aromatic heterocycles. The highest BCUT2D eigenvalue weighted by molar-refractivity contribution is 5.93. The van der Waals surface area contributed by atoms with Crippen LogP contribution in [-0.2, 0) is 11.2 Å². The maximum absolute atomic E-state index is 12.8. The molecular formula is C47H55N3O9. The maximum Gasteiger partial charge on any atom is 0.343 e. The number of β-amino-alcohol motifs (C(OH)–C–C–N with tert-alkyl or cyclic N) is 1. The minimum Gasteiger partial charge on any atom is -0.506 e. The normalized spacial score (nSPS) is 12.6. The molecule has 0 aliphatic heterocycles. The van der Waals surface area contributed by atoms with Gasteiger partial charge in [0, 0.05) is 24.7 Å². The summed E-state index contributed by atoms with van der Waals surface area (Å²) in [6, 6.07) is 31.3. The van der Waals surface area contributed by atoms with Crippen LogP contribution >= 0.6 is 0 Å². The lowest BCUT2D eigenvalue weighted by molar-refractivity contribution is -0.105. The number of phenols is 1. The van der Waals surface area contributed by atoms with Crippen molar-refractivity contribution in [1.29, 1.82) is 0 Å². The van der Waals surface area contributed by atoms with Crippen molar-refractivity contribution >= 4 is 24.0 Å². The Morgan fingerprint density at radius 2 is 1.24 bits per heavy atom. The van der Waals surface area contributed by atoms with Crippen LogP contribution in [0.15, 0.2) is 109 Å². The number of amides is 1. The number of esters is 2. The zero-order valence-corrected chi connectivity index (χ0v) is 34.6. The molecule has 12 nitrogen and oxygen atoms in total. The standard InChI is InChI=1S/C28H31NO5.C19H24N2O4/c1-18-6-10-20(11-7-18)26(31)33-24-15-14-22(23(30)17-29-28(3,4)5)16-25(24)34-27(32)21-12-8-19(2)9-13-21;1-13(9-14-3-6-16(25-2)7-4-14)20-11-19(24)15-5-8-18(23)17(10-15)21-12-22/h6-16,23,29-30H,17H2,1-5H3;3-8,10,12-13,19-20,23-24H,9,11H2,1-2H3,(H,21,22)/t;13-,19+/m.1/s1. The van der Waals surface area contributed by atoms with Gasteiger partial charge in [-0.05, 0) is 125 Å². The Kier molecular flexibility index (Phi) is 16.7. The number of hydrogen-bond acceptors (Lipinski definition) is 11. The first-order valence-electron chi connectivity index (χ1n) is 19.3. The number of aliphatic hydroxyl groups excluding tert-OH is 2. The second kappa shape index (κ2) is 21.6. The summed E-state index contributed by atoms with van der Waals surface area (Å²) in [7, 11) is 1.64. The van der Waals surface area contributed by atoms with Gasteiger partial charge < -0.3 is 45.5 Å². The van der Waals surface area contributed by atoms with Gasteiger partial charge in [0.15, 0.2) is 11.5 Å². The van der Waals surface area contributed by atoms with E-state index in [2.05, 4.69) is 16.0 Å². The first-order valence-corrected chi connectivity index (χ1v) is 19.3. The zero-order chi connectivity index (χ0) is 43.1. The SMILES string of the molecule is COc1ccc(C[C@@H](C)NC[C@H](O)c2ccc(O)c(NC=O)c2)cc1.Cc1ccc(C(=O)Oc2ccc(C(O)CNC(C)(C)C)cc2OC(=O)c2ccc(C)cc2)cc1. The number of aromatic hydroxyl groups is 1. The Morgan fingerprint density at radius 1 is 0.712 bits per heavy atom. The number of carbonyl (C=O) groups excluding carboxylic acids is 3. The number of benzene rings is 5. The third-order valence-electron chi connectivity index (χ3n) is 9.14. The molecule has 1 amide bonds. The van der Waals surface area contributed by atoms with E-state index in [-0.39, 0.29) is 34.5 Å². The molecule has 0 bridgehead atoms. The van der Waals surface area contributed by atoms with Crippen molar-refractivity contribution in [2.45, 2.75) is 71.8 Å². The number of methoxy groups -OCH3 is 1. The molecule has 5 rings (SSSR count). The Balaban J connectivity index is 0.000000273. The van der Waals surface area contributed by atoms with Crippen LogP contribution < -0.4 is 30.2 Å². The fraction of sp³-hybridized carbons (Fsp3) is 0.298. The van der Waals surface area contributed by atoms with Crippen LogP contribution in [0, 0.1) is 13.8 Å². The molecule has 0 heterocycles. The van der Waals surface area contributed by atoms with Gasteiger partial charge >= 0.3 is 11.9 Å². The van der Waals surface area contributed by atoms with Gasteiger partial charge in [-0.3, -0.25) is 4.79 Å². The predicted octanol–water partition coefficient (Wildman–Crippen LogP) is 7.39. The quantitative estimate of drug-likeness (QED) is 0.0254. The molecule has 59 heavy (non-hydrogen) atoms. The summed E-state index contributed by atoms with van der Waals surface area (Å²) in [6.07, 6.45) is -0.283. The van der Waals surface area contributed by atoms with Gasteiger partial charge in [-0.1, -0.05) is 59.7 Å². The molecule has 0 aliphatic rings. The van der Waals surface area contributed by atoms with Crippen LogP contribution in [0.25, 0.3) is 0 Å². The van der Waals surface area contributed by atoms with Gasteiger partial charge in [-0.2, -0.15) is 0 Å². The van der Waals surface area contributed by atoms with E-state index in [4.69, 9.17) is 14.2 Å². The Morgan fingerprint density at radius 3 is 1.78 bits per heavy atom. The number of rotatable bonds is 16. The summed E-state index contributed by atoms with van der Waals surface area (Å²) in [4.78, 5) is 36.0. The summed E-state index contributed by atoms with van der Waals surface area (Å²) < 4.78 is 16.3. The highest BCUT2D eigenvalue weighted by atomic mass is 16.6. The molecule has 312 valence electrons. The molecule has 5 aromatic carbocycles. The summed E-state index contributed by atoms with van der Waals surface area (Å²) in [5.74, 6) is -0.234. The Bertz CT molecular complexity index is 2130. The molecule has 3 atom stereocenters. The van der Waals surface area contributed by atoms with E-state index >= 15 is 0 Å². The van der Waals surface area contributed by atoms with Crippen molar-refractivity contribution in [2.24, 2.45) is 0 Å². The van der Waals surface area contributed by atoms with Crippen LogP contribution in [0.2, 0.25) is 0 Å². The van der Waals surface area contributed by atoms with Gasteiger partial charge in [0.05, 0.1) is 36.1 Å². The van der Waals surface area contributed by atoms with Crippen LogP contribution in [0.5, 0.6) is 23.0 Å². The molecule has 1 unspecified atom stereocenters. The van der Waals surface area contributed by atoms with Gasteiger partial charge in [0.25, 0.3) is 0 Å². The molecule has 6 N–H and O–H groups in total. The van der Waals surface area contributed by atoms with Crippen molar-refractivity contribution in [1.82, 2.24) is 10.6 Å². The number of aliphatic hydroxyl groups is 2. The fourth-order valence-corrected chi connectivity index (χ4v) is 5.67. The lowest BCUT2D eigenvalue weighted by atomic mass is 10.1. The summed E-state index contributed by atoms with van der Waals surface area (Å²) in [6.45, 7) is 12.6. The van der Waals surface area contributed by atoms with Crippen molar-refractivity contribution in [3.8, 4) is 23.0 Å². The van der Waals surface area contributed by atoms with Crippen molar-refractivity contribution in [3.63, 3.8) is 0 Å². The zero-order valence-electron chi connectivity index (χ0n) is 34.6. The summed E-state index contributed by atoms with van der Waals surface area (Å²) in [5.41, 5.74) is 5.19. The fourth-order valence-electron chi connectivity index (χ4n) is 5.67. The monoisotopic (exact) mass is 805 g/mol. The Labute approximate surface area is 346 Å². The second-order valence-corrected chi connectivity index (χ2v) is 15.3. The Hall–Kier alpha value is -6.05. The van der Waals surface area contributed by atoms with Crippen molar-refractivity contribution < 1.29 is 43.9 Å². The van der Waals surface area contributed by atoms with E-state index in [1.165, 1.54) is 23.8 Å². The minimum atomic E-state index is -0.849. The van der Waals surface area contributed by atoms with E-state index in [0.717, 1.165) is 23.3 Å². The van der Waals surface area contributed by atoms with E-state index in [9.17, 15) is 29.7 Å². The highest BCUT2D eigenvalue weighted by Crippen LogP contribution is 2.32. The molecule has 12 heteroatoms. The molecule has 0 saturated heterocycles. The minimum absolute atomic E-state index is 0.0381. The number of carbonyl (C=O) groups is 3. The average Bonchev–Trinajstić information content (AvgIpc) is 3.21. The molecule has 5 aromatic rings. The molecule has 0 saturated carbocycles.